The fourth-order valence-corrected chi connectivity index (χ4v) is 5.51. The third kappa shape index (κ3) is 3.49. The van der Waals surface area contributed by atoms with E-state index in [0.717, 1.165) is 0 Å². The van der Waals surface area contributed by atoms with Crippen LogP contribution in [0.4, 0.5) is 0 Å². The van der Waals surface area contributed by atoms with Gasteiger partial charge in [0.2, 0.25) is 0 Å². The van der Waals surface area contributed by atoms with Crippen molar-refractivity contribution < 1.29 is 0 Å². The van der Waals surface area contributed by atoms with Crippen LogP contribution in [0.5, 0.6) is 0 Å². The summed E-state index contributed by atoms with van der Waals surface area (Å²) >= 11 is 0. The number of hydrogen-bond donors (Lipinski definition) is 0. The first kappa shape index (κ1) is 21.0. The van der Waals surface area contributed by atoms with E-state index in [1.165, 1.54) is 0 Å². The van der Waals surface area contributed by atoms with Crippen molar-refractivity contribution in [2.24, 2.45) is 17.3 Å². The van der Waals surface area contributed by atoms with E-state index in [9.17, 15) is 0 Å². The fraction of sp³-hybridized carbons (Fsp3) is 1.00. The molecule has 1 aliphatic heterocycles. The van der Waals surface area contributed by atoms with Crippen molar-refractivity contribution in [1.82, 2.24) is 9.80 Å². The summed E-state index contributed by atoms with van der Waals surface area (Å²) in [6, 6.07) is 3.49. The van der Waals surface area contributed by atoms with Crippen LogP contribution in [0, 0.1) is 17.3 Å². The van der Waals surface area contributed by atoms with Gasteiger partial charge in [-0.3, -0.25) is 9.80 Å². The van der Waals surface area contributed by atoms with Crippen LogP contribution >= 0.6 is 0 Å². The van der Waals surface area contributed by atoms with Crippen molar-refractivity contribution >= 4 is 0 Å². The molecule has 2 nitrogen and oxygen atoms in total. The van der Waals surface area contributed by atoms with Gasteiger partial charge in [0.1, 0.15) is 0 Å². The molecular formula is C21H44N2. The summed E-state index contributed by atoms with van der Waals surface area (Å²) in [5, 5.41) is 0. The second-order valence-electron chi connectivity index (χ2n) is 9.31. The van der Waals surface area contributed by atoms with Gasteiger partial charge in [0, 0.05) is 41.7 Å². The van der Waals surface area contributed by atoms with Crippen LogP contribution in [0.25, 0.3) is 0 Å². The Morgan fingerprint density at radius 3 is 1.17 bits per heavy atom. The Bertz CT molecular complexity index is 348. The summed E-state index contributed by atoms with van der Waals surface area (Å²) in [5.41, 5.74) is 0.279. The van der Waals surface area contributed by atoms with E-state index < -0.39 is 0 Å². The summed E-state index contributed by atoms with van der Waals surface area (Å²) in [4.78, 5) is 5.59. The minimum Gasteiger partial charge on any atom is -0.293 e. The first-order chi connectivity index (χ1) is 10.4. The van der Waals surface area contributed by atoms with E-state index in [4.69, 9.17) is 0 Å². The lowest BCUT2D eigenvalue weighted by atomic mass is 9.63. The van der Waals surface area contributed by atoms with E-state index >= 15 is 0 Å². The average molecular weight is 325 g/mol. The SMILES string of the molecule is CC(C)C(C)C1(C)C(C)N(C(C)C)C(C)C(C)N(C(C)C)C1C. The molecular weight excluding hydrogens is 280 g/mol. The molecule has 138 valence electrons. The van der Waals surface area contributed by atoms with Crippen molar-refractivity contribution in [2.45, 2.75) is 119 Å². The summed E-state index contributed by atoms with van der Waals surface area (Å²) < 4.78 is 0. The first-order valence-electron chi connectivity index (χ1n) is 9.93. The Kier molecular flexibility index (Phi) is 6.78. The zero-order chi connectivity index (χ0) is 18.3. The molecule has 2 heteroatoms. The van der Waals surface area contributed by atoms with Gasteiger partial charge < -0.3 is 0 Å². The zero-order valence-corrected chi connectivity index (χ0v) is 18.0. The number of rotatable bonds is 4. The van der Waals surface area contributed by atoms with E-state index in [1.54, 1.807) is 0 Å². The molecule has 0 aromatic heterocycles. The predicted octanol–water partition coefficient (Wildman–Crippen LogP) is 5.27. The van der Waals surface area contributed by atoms with Crippen LogP contribution in [-0.2, 0) is 0 Å². The molecule has 1 rings (SSSR count). The second-order valence-corrected chi connectivity index (χ2v) is 9.31. The van der Waals surface area contributed by atoms with Gasteiger partial charge in [-0.15, -0.1) is 0 Å². The fourth-order valence-electron chi connectivity index (χ4n) is 5.51. The van der Waals surface area contributed by atoms with Crippen molar-refractivity contribution in [1.29, 1.82) is 0 Å². The van der Waals surface area contributed by atoms with E-state index in [2.05, 4.69) is 92.9 Å². The molecule has 1 fully saturated rings. The van der Waals surface area contributed by atoms with Crippen molar-refractivity contribution in [2.75, 3.05) is 0 Å². The largest absolute Gasteiger partial charge is 0.293 e. The molecule has 0 saturated carbocycles. The van der Waals surface area contributed by atoms with Gasteiger partial charge in [0.05, 0.1) is 0 Å². The van der Waals surface area contributed by atoms with Crippen LogP contribution in [0.2, 0.25) is 0 Å². The van der Waals surface area contributed by atoms with Gasteiger partial charge in [0.25, 0.3) is 0 Å². The Labute approximate surface area is 147 Å². The summed E-state index contributed by atoms with van der Waals surface area (Å²) in [6.07, 6.45) is 0. The molecule has 0 N–H and O–H groups in total. The normalized spacial score (nSPS) is 39.3. The van der Waals surface area contributed by atoms with Gasteiger partial charge in [-0.25, -0.2) is 0 Å². The maximum Gasteiger partial charge on any atom is 0.0226 e. The summed E-state index contributed by atoms with van der Waals surface area (Å²) in [6.45, 7) is 29.2. The molecule has 5 unspecified atom stereocenters. The van der Waals surface area contributed by atoms with Crippen LogP contribution < -0.4 is 0 Å². The zero-order valence-electron chi connectivity index (χ0n) is 18.0. The molecule has 0 spiro atoms. The molecule has 1 heterocycles. The molecule has 5 atom stereocenters. The van der Waals surface area contributed by atoms with Crippen LogP contribution in [0.1, 0.15) is 83.1 Å². The third-order valence-corrected chi connectivity index (χ3v) is 7.51. The minimum atomic E-state index is 0.279. The minimum absolute atomic E-state index is 0.279. The van der Waals surface area contributed by atoms with Crippen molar-refractivity contribution in [3.8, 4) is 0 Å². The standard InChI is InChI=1S/C21H44N2/c1-13(2)16(7)21(12)19(10)22(14(3)4)17(8)18(9)23(15(5)6)20(21)11/h13-20H,1-12H3. The Morgan fingerprint density at radius 2 is 0.957 bits per heavy atom. The summed E-state index contributed by atoms with van der Waals surface area (Å²) in [7, 11) is 0. The Balaban J connectivity index is 3.51. The van der Waals surface area contributed by atoms with Crippen LogP contribution in [0.15, 0.2) is 0 Å². The smallest absolute Gasteiger partial charge is 0.0226 e. The Morgan fingerprint density at radius 1 is 0.652 bits per heavy atom. The highest BCUT2D eigenvalue weighted by Gasteiger charge is 2.52. The molecule has 1 saturated heterocycles. The second kappa shape index (κ2) is 7.44. The maximum absolute atomic E-state index is 2.79. The Hall–Kier alpha value is -0.0800. The van der Waals surface area contributed by atoms with Gasteiger partial charge >= 0.3 is 0 Å². The monoisotopic (exact) mass is 324 g/mol. The highest BCUT2D eigenvalue weighted by atomic mass is 15.3. The van der Waals surface area contributed by atoms with Crippen LogP contribution in [-0.4, -0.2) is 46.1 Å². The highest BCUT2D eigenvalue weighted by molar-refractivity contribution is 5.06. The lowest BCUT2D eigenvalue weighted by molar-refractivity contribution is -0.0317. The van der Waals surface area contributed by atoms with Crippen molar-refractivity contribution in [3.05, 3.63) is 0 Å². The van der Waals surface area contributed by atoms with E-state index in [1.807, 2.05) is 0 Å². The predicted molar refractivity (Wildman–Crippen MR) is 104 cm³/mol. The molecule has 0 bridgehead atoms. The lowest BCUT2D eigenvalue weighted by Crippen LogP contribution is -2.58. The molecule has 23 heavy (non-hydrogen) atoms. The highest BCUT2D eigenvalue weighted by Crippen LogP contribution is 2.47. The molecule has 0 aliphatic carbocycles. The van der Waals surface area contributed by atoms with E-state index in [0.29, 0.717) is 48.1 Å². The summed E-state index contributed by atoms with van der Waals surface area (Å²) in [5.74, 6) is 1.39. The number of hydrogen-bond acceptors (Lipinski definition) is 2. The first-order valence-corrected chi connectivity index (χ1v) is 9.93. The lowest BCUT2D eigenvalue weighted by Gasteiger charge is -2.52. The molecule has 0 radical (unpaired) electrons. The van der Waals surface area contributed by atoms with Crippen LogP contribution in [0.3, 0.4) is 0 Å². The third-order valence-electron chi connectivity index (χ3n) is 7.51. The van der Waals surface area contributed by atoms with E-state index in [-0.39, 0.29) is 5.41 Å². The quantitative estimate of drug-likeness (QED) is 0.695. The van der Waals surface area contributed by atoms with Gasteiger partial charge in [-0.2, -0.15) is 0 Å². The molecule has 0 aromatic rings. The van der Waals surface area contributed by atoms with Crippen molar-refractivity contribution in [3.63, 3.8) is 0 Å². The molecule has 0 aromatic carbocycles. The van der Waals surface area contributed by atoms with Gasteiger partial charge in [0.15, 0.2) is 0 Å². The van der Waals surface area contributed by atoms with Gasteiger partial charge in [-0.05, 0) is 67.2 Å². The topological polar surface area (TPSA) is 6.48 Å². The average Bonchev–Trinajstić information content (AvgIpc) is 2.48. The molecule has 1 aliphatic rings. The maximum atomic E-state index is 2.79. The molecule has 0 amide bonds. The number of nitrogens with zero attached hydrogens (tertiary/aromatic N) is 2. The van der Waals surface area contributed by atoms with Gasteiger partial charge in [-0.1, -0.05) is 27.7 Å².